The van der Waals surface area contributed by atoms with E-state index in [2.05, 4.69) is 20.4 Å². The highest BCUT2D eigenvalue weighted by atomic mass is 19.1. The van der Waals surface area contributed by atoms with Crippen molar-refractivity contribution in [1.82, 2.24) is 20.4 Å². The molecule has 3 fully saturated rings. The molecule has 2 aromatic heterocycles. The Balaban J connectivity index is 0.000000917. The second-order valence-electron chi connectivity index (χ2n) is 9.33. The lowest BCUT2D eigenvalue weighted by atomic mass is 9.72. The van der Waals surface area contributed by atoms with Gasteiger partial charge in [-0.15, -0.1) is 0 Å². The average molecular weight is 488 g/mol. The Morgan fingerprint density at radius 2 is 2.09 bits per heavy atom. The summed E-state index contributed by atoms with van der Waals surface area (Å²) in [4.78, 5) is 42.2. The van der Waals surface area contributed by atoms with Crippen molar-refractivity contribution >= 4 is 24.0 Å². The third kappa shape index (κ3) is 4.85. The van der Waals surface area contributed by atoms with Crippen LogP contribution in [0.15, 0.2) is 23.0 Å². The van der Waals surface area contributed by atoms with Crippen LogP contribution >= 0.6 is 0 Å². The van der Waals surface area contributed by atoms with Crippen molar-refractivity contribution in [3.63, 3.8) is 0 Å². The van der Waals surface area contributed by atoms with Gasteiger partial charge in [-0.1, -0.05) is 5.16 Å². The number of rotatable bonds is 4. The van der Waals surface area contributed by atoms with Crippen LogP contribution in [0.3, 0.4) is 0 Å². The number of carboxylic acid groups (broad SMARTS) is 1. The number of hydrogen-bond donors (Lipinski definition) is 2. The van der Waals surface area contributed by atoms with Gasteiger partial charge < -0.3 is 24.7 Å². The maximum absolute atomic E-state index is 14.5. The summed E-state index contributed by atoms with van der Waals surface area (Å²) in [5, 5.41) is 13.8. The largest absolute Gasteiger partial charge is 0.483 e. The predicted molar refractivity (Wildman–Crippen MR) is 123 cm³/mol. The zero-order valence-electron chi connectivity index (χ0n) is 19.8. The zero-order valence-corrected chi connectivity index (χ0v) is 19.8. The van der Waals surface area contributed by atoms with Gasteiger partial charge >= 0.3 is 0 Å². The fraction of sp³-hybridized carbons (Fsp3) is 0.542. The van der Waals surface area contributed by atoms with Crippen molar-refractivity contribution in [2.75, 3.05) is 24.5 Å². The number of carbonyl (C=O) groups is 3. The minimum Gasteiger partial charge on any atom is -0.483 e. The quantitative estimate of drug-likeness (QED) is 0.628. The molecule has 11 heteroatoms. The Morgan fingerprint density at radius 1 is 1.34 bits per heavy atom. The Hall–Kier alpha value is -3.50. The molecule has 5 rings (SSSR count). The van der Waals surface area contributed by atoms with E-state index < -0.39 is 0 Å². The molecule has 0 radical (unpaired) electrons. The van der Waals surface area contributed by atoms with Gasteiger partial charge in [0.15, 0.2) is 5.82 Å². The van der Waals surface area contributed by atoms with E-state index in [4.69, 9.17) is 14.4 Å². The lowest BCUT2D eigenvalue weighted by Gasteiger charge is -2.57. The van der Waals surface area contributed by atoms with Crippen LogP contribution in [0.1, 0.15) is 47.5 Å². The topological polar surface area (TPSA) is 129 Å². The summed E-state index contributed by atoms with van der Waals surface area (Å²) >= 11 is 0. The molecule has 10 nitrogen and oxygen atoms in total. The fourth-order valence-corrected chi connectivity index (χ4v) is 5.95. The smallest absolute Gasteiger partial charge is 0.290 e. The number of piperidine rings is 3. The number of aromatic nitrogens is 2. The number of halogens is 1. The maximum atomic E-state index is 14.5. The van der Waals surface area contributed by atoms with Crippen LogP contribution < -0.4 is 10.2 Å². The molecule has 35 heavy (non-hydrogen) atoms. The van der Waals surface area contributed by atoms with Crippen LogP contribution in [-0.2, 0) is 9.59 Å². The second-order valence-corrected chi connectivity index (χ2v) is 9.33. The van der Waals surface area contributed by atoms with Gasteiger partial charge in [0.05, 0.1) is 23.6 Å². The highest BCUT2D eigenvalue weighted by Crippen LogP contribution is 2.42. The molecular formula is C24H30FN5O5. The van der Waals surface area contributed by atoms with Crippen LogP contribution in [-0.4, -0.2) is 70.2 Å². The minimum absolute atomic E-state index is 0.124. The van der Waals surface area contributed by atoms with Gasteiger partial charge in [-0.3, -0.25) is 19.4 Å². The molecule has 188 valence electrons. The van der Waals surface area contributed by atoms with Crippen molar-refractivity contribution in [3.8, 4) is 0 Å². The van der Waals surface area contributed by atoms with Crippen LogP contribution in [0.2, 0.25) is 0 Å². The molecule has 3 aliphatic rings. The van der Waals surface area contributed by atoms with Crippen LogP contribution in [0.4, 0.5) is 10.1 Å². The molecule has 2 aromatic rings. The predicted octanol–water partition coefficient (Wildman–Crippen LogP) is 2.16. The lowest BCUT2D eigenvalue weighted by Crippen LogP contribution is -2.67. The summed E-state index contributed by atoms with van der Waals surface area (Å²) in [7, 11) is 0. The van der Waals surface area contributed by atoms with E-state index in [-0.39, 0.29) is 42.1 Å². The molecule has 2 bridgehead atoms. The normalized spacial score (nSPS) is 25.3. The molecule has 0 aliphatic carbocycles. The summed E-state index contributed by atoms with van der Waals surface area (Å²) in [6.07, 6.45) is 6.21. The standard InChI is InChI=1S/C23H28FN5O3.CH2O2/c1-13-22(14(2)32-27-13)23(31)26-10-20-16-8-15(18-4-3-5-21(30)29(18)20)11-28(12-16)19-6-7-25-9-17(19)24;2-1-3/h6-7,9,15-16,18,20H,3-5,8,10-12H2,1-2H3,(H,26,31);1H,(H,2,3)/t15-,16+,18+,20+;/m1./s1. The van der Waals surface area contributed by atoms with Gasteiger partial charge in [0, 0.05) is 38.3 Å². The molecule has 0 saturated carbocycles. The number of fused-ring (bicyclic) bond motifs is 4. The van der Waals surface area contributed by atoms with Crippen molar-refractivity contribution in [2.45, 2.75) is 51.6 Å². The van der Waals surface area contributed by atoms with Crippen LogP contribution in [0.25, 0.3) is 0 Å². The van der Waals surface area contributed by atoms with Crippen molar-refractivity contribution in [2.24, 2.45) is 11.8 Å². The maximum Gasteiger partial charge on any atom is 0.290 e. The first-order valence-electron chi connectivity index (χ1n) is 11.8. The second kappa shape index (κ2) is 10.4. The van der Waals surface area contributed by atoms with Gasteiger partial charge in [0.1, 0.15) is 11.3 Å². The van der Waals surface area contributed by atoms with E-state index in [1.54, 1.807) is 26.1 Å². The number of anilines is 1. The molecule has 4 atom stereocenters. The molecule has 2 N–H and O–H groups in total. The molecule has 0 aromatic carbocycles. The monoisotopic (exact) mass is 487 g/mol. The minimum atomic E-state index is -0.327. The van der Waals surface area contributed by atoms with E-state index in [0.717, 1.165) is 25.8 Å². The van der Waals surface area contributed by atoms with Gasteiger partial charge in [0.25, 0.3) is 12.4 Å². The number of nitrogens with zero attached hydrogens (tertiary/aromatic N) is 4. The zero-order chi connectivity index (χ0) is 25.1. The number of pyridine rings is 1. The third-order valence-corrected chi connectivity index (χ3v) is 7.32. The number of amides is 2. The summed E-state index contributed by atoms with van der Waals surface area (Å²) in [6.45, 7) is 4.93. The Morgan fingerprint density at radius 3 is 2.77 bits per heavy atom. The van der Waals surface area contributed by atoms with Crippen molar-refractivity contribution in [1.29, 1.82) is 0 Å². The molecule has 0 unspecified atom stereocenters. The van der Waals surface area contributed by atoms with E-state index in [0.29, 0.717) is 48.1 Å². The van der Waals surface area contributed by atoms with E-state index in [1.165, 1.54) is 6.20 Å². The molecule has 2 amide bonds. The van der Waals surface area contributed by atoms with Crippen LogP contribution in [0, 0.1) is 31.5 Å². The number of hydrogen-bond acceptors (Lipinski definition) is 7. The first kappa shape index (κ1) is 24.6. The van der Waals surface area contributed by atoms with E-state index >= 15 is 0 Å². The SMILES string of the molecule is Cc1noc(C)c1C(=O)NC[C@H]1[C@H]2C[C@H](CN(c3ccncc3F)C2)[C@@H]2CCCC(=O)N21.O=CO. The van der Waals surface area contributed by atoms with Crippen molar-refractivity contribution < 1.29 is 28.4 Å². The summed E-state index contributed by atoms with van der Waals surface area (Å²) < 4.78 is 19.6. The van der Waals surface area contributed by atoms with Gasteiger partial charge in [0.2, 0.25) is 5.91 Å². The first-order valence-corrected chi connectivity index (χ1v) is 11.8. The first-order chi connectivity index (χ1) is 16.8. The average Bonchev–Trinajstić information content (AvgIpc) is 3.18. The summed E-state index contributed by atoms with van der Waals surface area (Å²) in [5.41, 5.74) is 1.56. The Bertz CT molecular complexity index is 1070. The molecular weight excluding hydrogens is 457 g/mol. The number of carbonyl (C=O) groups excluding carboxylic acids is 2. The lowest BCUT2D eigenvalue weighted by molar-refractivity contribution is -0.148. The summed E-state index contributed by atoms with van der Waals surface area (Å²) in [5.74, 6) is 0.512. The third-order valence-electron chi connectivity index (χ3n) is 7.32. The van der Waals surface area contributed by atoms with E-state index in [1.807, 2.05) is 4.90 Å². The van der Waals surface area contributed by atoms with Crippen molar-refractivity contribution in [3.05, 3.63) is 41.3 Å². The molecule has 5 heterocycles. The highest BCUT2D eigenvalue weighted by Gasteiger charge is 2.49. The number of nitrogens with one attached hydrogen (secondary N) is 1. The molecule has 3 saturated heterocycles. The van der Waals surface area contributed by atoms with Gasteiger partial charge in [-0.05, 0) is 51.0 Å². The Labute approximate surface area is 202 Å². The molecule has 0 spiro atoms. The Kier molecular flexibility index (Phi) is 7.32. The van der Waals surface area contributed by atoms with Crippen LogP contribution in [0.5, 0.6) is 0 Å². The summed E-state index contributed by atoms with van der Waals surface area (Å²) in [6, 6.07) is 1.72. The number of aryl methyl sites for hydroxylation is 2. The highest BCUT2D eigenvalue weighted by molar-refractivity contribution is 5.96. The fourth-order valence-electron chi connectivity index (χ4n) is 5.95. The van der Waals surface area contributed by atoms with Gasteiger partial charge in [-0.25, -0.2) is 4.39 Å². The van der Waals surface area contributed by atoms with E-state index in [9.17, 15) is 14.0 Å². The molecule has 3 aliphatic heterocycles. The van der Waals surface area contributed by atoms with Gasteiger partial charge in [-0.2, -0.15) is 0 Å².